The number of ketones is 1. The van der Waals surface area contributed by atoms with E-state index < -0.39 is 0 Å². The van der Waals surface area contributed by atoms with Gasteiger partial charge < -0.3 is 9.88 Å². The molecule has 0 saturated carbocycles. The van der Waals surface area contributed by atoms with Gasteiger partial charge in [-0.05, 0) is 37.6 Å². The van der Waals surface area contributed by atoms with Gasteiger partial charge in [0.2, 0.25) is 0 Å². The lowest BCUT2D eigenvalue weighted by Gasteiger charge is -2.26. The van der Waals surface area contributed by atoms with E-state index in [0.717, 1.165) is 24.2 Å². The molecule has 2 heterocycles. The summed E-state index contributed by atoms with van der Waals surface area (Å²) in [5, 5.41) is 2.96. The number of carbonyl (C=O) groups is 1. The molecule has 0 spiro atoms. The van der Waals surface area contributed by atoms with Crippen LogP contribution in [0.15, 0.2) is 41.2 Å². The van der Waals surface area contributed by atoms with Crippen molar-refractivity contribution in [3.63, 3.8) is 0 Å². The Hall–Kier alpha value is -2.20. The van der Waals surface area contributed by atoms with Gasteiger partial charge in [-0.15, -0.1) is 0 Å². The molecule has 1 aromatic heterocycles. The van der Waals surface area contributed by atoms with Crippen molar-refractivity contribution >= 4 is 23.3 Å². The van der Waals surface area contributed by atoms with Crippen LogP contribution in [0.2, 0.25) is 0 Å². The third-order valence-corrected chi connectivity index (χ3v) is 5.04. The third-order valence-electron chi connectivity index (χ3n) is 5.04. The van der Waals surface area contributed by atoms with Crippen molar-refractivity contribution < 1.29 is 4.79 Å². The summed E-state index contributed by atoms with van der Waals surface area (Å²) in [7, 11) is 1.81. The highest BCUT2D eigenvalue weighted by atomic mass is 16.1. The first-order valence-electron chi connectivity index (χ1n) is 8.25. The van der Waals surface area contributed by atoms with Gasteiger partial charge in [-0.3, -0.25) is 9.79 Å². The highest BCUT2D eigenvalue weighted by Crippen LogP contribution is 2.39. The molecule has 1 aliphatic heterocycles. The predicted octanol–water partition coefficient (Wildman–Crippen LogP) is 2.68. The first-order valence-corrected chi connectivity index (χ1v) is 8.25. The molecule has 0 amide bonds. The number of hydrogen-bond acceptors (Lipinski definition) is 3. The van der Waals surface area contributed by atoms with Crippen LogP contribution in [0, 0.1) is 11.8 Å². The Bertz CT molecular complexity index is 792. The van der Waals surface area contributed by atoms with E-state index in [4.69, 9.17) is 4.99 Å². The van der Waals surface area contributed by atoms with Crippen LogP contribution in [0.25, 0.3) is 11.3 Å². The molecule has 0 aromatic carbocycles. The number of hydrogen-bond donors (Lipinski definition) is 1. The van der Waals surface area contributed by atoms with Crippen LogP contribution >= 0.6 is 0 Å². The summed E-state index contributed by atoms with van der Waals surface area (Å²) in [5.41, 5.74) is 5.97. The van der Waals surface area contributed by atoms with Crippen LogP contribution in [0.1, 0.15) is 24.6 Å². The van der Waals surface area contributed by atoms with Gasteiger partial charge in [-0.1, -0.05) is 19.1 Å². The average Bonchev–Trinajstić information content (AvgIpc) is 2.90. The molecule has 2 atom stereocenters. The van der Waals surface area contributed by atoms with E-state index in [1.165, 1.54) is 16.8 Å². The largest absolute Gasteiger partial charge is 0.314 e. The monoisotopic (exact) mass is 307 g/mol. The van der Waals surface area contributed by atoms with Gasteiger partial charge in [0.05, 0.1) is 23.6 Å². The number of fused-ring (bicyclic) bond motifs is 1. The van der Waals surface area contributed by atoms with E-state index in [1.807, 2.05) is 19.3 Å². The second-order valence-corrected chi connectivity index (χ2v) is 6.46. The molecule has 1 aromatic rings. The van der Waals surface area contributed by atoms with Gasteiger partial charge in [0.25, 0.3) is 0 Å². The normalized spacial score (nSPS) is 24.9. The Morgan fingerprint density at radius 2 is 2.35 bits per heavy atom. The lowest BCUT2D eigenvalue weighted by atomic mass is 9.83. The van der Waals surface area contributed by atoms with Crippen LogP contribution < -0.4 is 5.32 Å². The molecule has 0 saturated heterocycles. The molecule has 4 heteroatoms. The van der Waals surface area contributed by atoms with E-state index in [-0.39, 0.29) is 17.6 Å². The summed E-state index contributed by atoms with van der Waals surface area (Å²) in [6.07, 6.45) is 12.7. The molecule has 4 rings (SSSR count). The maximum atomic E-state index is 12.3. The number of carbonyl (C=O) groups excluding carboxylic acids is 1. The molecule has 2 unspecified atom stereocenters. The lowest BCUT2D eigenvalue weighted by molar-refractivity contribution is -0.121. The van der Waals surface area contributed by atoms with Gasteiger partial charge in [-0.2, -0.15) is 0 Å². The quantitative estimate of drug-likeness (QED) is 0.933. The standard InChI is InChI=1S/C19H21N3O/c1-12-15(17(23)11-20-2)6-7-16-18(12)21-10-14-5-3-4-13-8-9-22(16)19(13)14/h5-10,12,15,20H,3-4,11H2,1-2H3. The summed E-state index contributed by atoms with van der Waals surface area (Å²) in [4.78, 5) is 17.1. The second-order valence-electron chi connectivity index (χ2n) is 6.46. The van der Waals surface area contributed by atoms with Crippen LogP contribution in [0.5, 0.6) is 0 Å². The summed E-state index contributed by atoms with van der Waals surface area (Å²) in [6.45, 7) is 2.50. The molecule has 0 bridgehead atoms. The van der Waals surface area contributed by atoms with Crippen molar-refractivity contribution in [1.29, 1.82) is 0 Å². The SMILES string of the molecule is CNCC(=O)C1C=CC2=C(N=CC3=CCCc4ccn2c43)C1C. The molecule has 118 valence electrons. The summed E-state index contributed by atoms with van der Waals surface area (Å²) < 4.78 is 2.24. The number of rotatable bonds is 3. The fourth-order valence-electron chi connectivity index (χ4n) is 3.85. The van der Waals surface area contributed by atoms with Crippen molar-refractivity contribution in [2.24, 2.45) is 16.8 Å². The zero-order valence-electron chi connectivity index (χ0n) is 13.5. The maximum absolute atomic E-state index is 12.3. The van der Waals surface area contributed by atoms with Crippen LogP contribution in [-0.4, -0.2) is 30.2 Å². The summed E-state index contributed by atoms with van der Waals surface area (Å²) in [6, 6.07) is 2.21. The van der Waals surface area contributed by atoms with E-state index in [9.17, 15) is 4.79 Å². The Morgan fingerprint density at radius 1 is 1.48 bits per heavy atom. The number of aliphatic imine (C=N–C) groups is 1. The fraction of sp³-hybridized carbons (Fsp3) is 0.368. The van der Waals surface area contributed by atoms with E-state index in [0.29, 0.717) is 6.54 Å². The number of nitrogens with zero attached hydrogens (tertiary/aromatic N) is 2. The number of Topliss-reactive ketones (excluding diaryl/α,β-unsaturated/α-hetero) is 1. The number of allylic oxidation sites excluding steroid dienone is 6. The van der Waals surface area contributed by atoms with Gasteiger partial charge in [0.1, 0.15) is 0 Å². The summed E-state index contributed by atoms with van der Waals surface area (Å²) in [5.74, 6) is 0.203. The molecule has 2 aliphatic carbocycles. The minimum Gasteiger partial charge on any atom is -0.314 e. The molecule has 4 nitrogen and oxygen atoms in total. The molecule has 0 fully saturated rings. The Balaban J connectivity index is 1.80. The van der Waals surface area contributed by atoms with Crippen molar-refractivity contribution in [2.75, 3.05) is 13.6 Å². The molecular weight excluding hydrogens is 286 g/mol. The van der Waals surface area contributed by atoms with Crippen molar-refractivity contribution in [2.45, 2.75) is 19.8 Å². The Morgan fingerprint density at radius 3 is 3.17 bits per heavy atom. The number of likely N-dealkylation sites (N-methyl/N-ethyl adjacent to an activating group) is 1. The Kier molecular flexibility index (Phi) is 3.42. The maximum Gasteiger partial charge on any atom is 0.154 e. The molecule has 0 radical (unpaired) electrons. The lowest BCUT2D eigenvalue weighted by Crippen LogP contribution is -2.31. The van der Waals surface area contributed by atoms with E-state index in [1.54, 1.807) is 0 Å². The second kappa shape index (κ2) is 5.46. The summed E-state index contributed by atoms with van der Waals surface area (Å²) >= 11 is 0. The fourth-order valence-corrected chi connectivity index (χ4v) is 3.85. The first kappa shape index (κ1) is 14.4. The van der Waals surface area contributed by atoms with Gasteiger partial charge >= 0.3 is 0 Å². The van der Waals surface area contributed by atoms with Crippen molar-refractivity contribution in [1.82, 2.24) is 9.88 Å². The zero-order valence-corrected chi connectivity index (χ0v) is 13.5. The van der Waals surface area contributed by atoms with Crippen molar-refractivity contribution in [3.05, 3.63) is 47.4 Å². The van der Waals surface area contributed by atoms with E-state index in [2.05, 4.69) is 41.2 Å². The Labute approximate surface area is 136 Å². The van der Waals surface area contributed by atoms with Gasteiger partial charge in [0.15, 0.2) is 5.78 Å². The number of aromatic nitrogens is 1. The van der Waals surface area contributed by atoms with Crippen molar-refractivity contribution in [3.8, 4) is 0 Å². The van der Waals surface area contributed by atoms with Crippen LogP contribution in [0.3, 0.4) is 0 Å². The smallest absolute Gasteiger partial charge is 0.154 e. The zero-order chi connectivity index (χ0) is 16.0. The highest BCUT2D eigenvalue weighted by molar-refractivity contribution is 6.12. The molecule has 23 heavy (non-hydrogen) atoms. The van der Waals surface area contributed by atoms with Gasteiger partial charge in [-0.25, -0.2) is 0 Å². The average molecular weight is 307 g/mol. The first-order chi connectivity index (χ1) is 11.2. The highest BCUT2D eigenvalue weighted by Gasteiger charge is 2.32. The predicted molar refractivity (Wildman–Crippen MR) is 93.2 cm³/mol. The van der Waals surface area contributed by atoms with E-state index >= 15 is 0 Å². The van der Waals surface area contributed by atoms with Crippen LogP contribution in [0.4, 0.5) is 0 Å². The van der Waals surface area contributed by atoms with Crippen LogP contribution in [-0.2, 0) is 11.2 Å². The third kappa shape index (κ3) is 2.17. The number of nitrogens with one attached hydrogen (secondary N) is 1. The van der Waals surface area contributed by atoms with Gasteiger partial charge in [0, 0.05) is 29.8 Å². The minimum absolute atomic E-state index is 0.0888. The topological polar surface area (TPSA) is 46.4 Å². The molecule has 3 aliphatic rings. The molecule has 1 N–H and O–H groups in total. The number of aryl methyl sites for hydroxylation is 1. The molecular formula is C19H21N3O. The minimum atomic E-state index is -0.104.